The molecule has 0 amide bonds. The molecule has 5 nitrogen and oxygen atoms in total. The van der Waals surface area contributed by atoms with Crippen LogP contribution in [0.5, 0.6) is 0 Å². The smallest absolute Gasteiger partial charge is 0.336 e. The fourth-order valence-corrected chi connectivity index (χ4v) is 3.89. The second kappa shape index (κ2) is 5.99. The number of likely N-dealkylation sites (tertiary alicyclic amines) is 1. The van der Waals surface area contributed by atoms with Crippen molar-refractivity contribution >= 4 is 11.0 Å². The zero-order valence-corrected chi connectivity index (χ0v) is 14.3. The molecule has 2 saturated heterocycles. The average molecular weight is 329 g/mol. The normalized spacial score (nSPS) is 20.9. The van der Waals surface area contributed by atoms with E-state index in [1.165, 1.54) is 5.56 Å². The third kappa shape index (κ3) is 2.88. The number of benzene rings is 1. The van der Waals surface area contributed by atoms with Crippen molar-refractivity contribution in [2.75, 3.05) is 26.3 Å². The lowest BCUT2D eigenvalue weighted by Gasteiger charge is -2.37. The standard InChI is InChI=1S/C19H23NO4/c1-13-9-14(2)18-16(10-13)15(11-17(21)24-18)12-20-5-3-19(4-6-20)22-7-8-23-19/h9-11H,3-8,12H2,1-2H3. The van der Waals surface area contributed by atoms with Gasteiger partial charge in [0.2, 0.25) is 0 Å². The summed E-state index contributed by atoms with van der Waals surface area (Å²) < 4.78 is 17.0. The maximum absolute atomic E-state index is 12.0. The fraction of sp³-hybridized carbons (Fsp3) is 0.526. The second-order valence-electron chi connectivity index (χ2n) is 6.93. The van der Waals surface area contributed by atoms with E-state index < -0.39 is 0 Å². The molecular formula is C19H23NO4. The topological polar surface area (TPSA) is 51.9 Å². The number of piperidine rings is 1. The minimum atomic E-state index is -0.360. The zero-order valence-electron chi connectivity index (χ0n) is 14.3. The monoisotopic (exact) mass is 329 g/mol. The van der Waals surface area contributed by atoms with E-state index in [2.05, 4.69) is 24.0 Å². The highest BCUT2D eigenvalue weighted by Gasteiger charge is 2.39. The van der Waals surface area contributed by atoms with Gasteiger partial charge in [-0.15, -0.1) is 0 Å². The van der Waals surface area contributed by atoms with Crippen LogP contribution in [0.25, 0.3) is 11.0 Å². The Hall–Kier alpha value is -1.69. The third-order valence-electron chi connectivity index (χ3n) is 5.09. The van der Waals surface area contributed by atoms with Gasteiger partial charge in [0.05, 0.1) is 13.2 Å². The summed E-state index contributed by atoms with van der Waals surface area (Å²) >= 11 is 0. The van der Waals surface area contributed by atoms with E-state index >= 15 is 0 Å². The van der Waals surface area contributed by atoms with Crippen LogP contribution in [0, 0.1) is 13.8 Å². The SMILES string of the molecule is Cc1cc(C)c2oc(=O)cc(CN3CCC4(CC3)OCCO4)c2c1. The molecule has 0 N–H and O–H groups in total. The first-order valence-electron chi connectivity index (χ1n) is 8.59. The number of hydrogen-bond acceptors (Lipinski definition) is 5. The lowest BCUT2D eigenvalue weighted by Crippen LogP contribution is -2.44. The first-order chi connectivity index (χ1) is 11.5. The molecule has 2 aromatic rings. The maximum Gasteiger partial charge on any atom is 0.336 e. The Labute approximate surface area is 141 Å². The highest BCUT2D eigenvalue weighted by Crippen LogP contribution is 2.32. The highest BCUT2D eigenvalue weighted by atomic mass is 16.7. The lowest BCUT2D eigenvalue weighted by molar-refractivity contribution is -0.185. The average Bonchev–Trinajstić information content (AvgIpc) is 2.99. The summed E-state index contributed by atoms with van der Waals surface area (Å²) in [6.45, 7) is 8.02. The van der Waals surface area contributed by atoms with E-state index in [1.54, 1.807) is 6.07 Å². The molecular weight excluding hydrogens is 306 g/mol. The van der Waals surface area contributed by atoms with Gasteiger partial charge in [-0.3, -0.25) is 4.90 Å². The molecule has 1 aromatic carbocycles. The van der Waals surface area contributed by atoms with Crippen molar-refractivity contribution in [2.45, 2.75) is 39.0 Å². The molecule has 4 rings (SSSR count). The molecule has 128 valence electrons. The summed E-state index contributed by atoms with van der Waals surface area (Å²) in [7, 11) is 0. The van der Waals surface area contributed by atoms with Crippen LogP contribution in [-0.4, -0.2) is 37.0 Å². The molecule has 1 aromatic heterocycles. The summed E-state index contributed by atoms with van der Waals surface area (Å²) in [5.74, 6) is -0.360. The van der Waals surface area contributed by atoms with Crippen molar-refractivity contribution in [2.24, 2.45) is 0 Å². The fourth-order valence-electron chi connectivity index (χ4n) is 3.89. The van der Waals surface area contributed by atoms with Crippen LogP contribution >= 0.6 is 0 Å². The first kappa shape index (κ1) is 15.8. The number of rotatable bonds is 2. The summed E-state index contributed by atoms with van der Waals surface area (Å²) in [6.07, 6.45) is 1.76. The number of fused-ring (bicyclic) bond motifs is 1. The van der Waals surface area contributed by atoms with Crippen LogP contribution in [0.1, 0.15) is 29.5 Å². The van der Waals surface area contributed by atoms with E-state index in [1.807, 2.05) is 6.92 Å². The predicted octanol–water partition coefficient (Wildman–Crippen LogP) is 2.75. The van der Waals surface area contributed by atoms with Crippen molar-refractivity contribution in [1.82, 2.24) is 4.90 Å². The van der Waals surface area contributed by atoms with Crippen LogP contribution in [0.3, 0.4) is 0 Å². The Bertz CT molecular complexity index is 810. The number of nitrogens with zero attached hydrogens (tertiary/aromatic N) is 1. The minimum Gasteiger partial charge on any atom is -0.422 e. The molecule has 0 unspecified atom stereocenters. The van der Waals surface area contributed by atoms with Gasteiger partial charge in [0, 0.05) is 43.9 Å². The number of ether oxygens (including phenoxy) is 2. The van der Waals surface area contributed by atoms with E-state index in [0.717, 1.165) is 49.0 Å². The number of hydrogen-bond donors (Lipinski definition) is 0. The zero-order chi connectivity index (χ0) is 16.7. The molecule has 0 radical (unpaired) electrons. The van der Waals surface area contributed by atoms with Crippen molar-refractivity contribution < 1.29 is 13.9 Å². The van der Waals surface area contributed by atoms with E-state index in [0.29, 0.717) is 18.8 Å². The number of aryl methyl sites for hydroxylation is 2. The quantitative estimate of drug-likeness (QED) is 0.793. The lowest BCUT2D eigenvalue weighted by atomic mass is 10.0. The largest absolute Gasteiger partial charge is 0.422 e. The van der Waals surface area contributed by atoms with Gasteiger partial charge in [0.15, 0.2) is 5.79 Å². The minimum absolute atomic E-state index is 0.277. The first-order valence-corrected chi connectivity index (χ1v) is 8.59. The van der Waals surface area contributed by atoms with Gasteiger partial charge in [-0.1, -0.05) is 6.07 Å². The molecule has 0 saturated carbocycles. The van der Waals surface area contributed by atoms with Gasteiger partial charge in [0.25, 0.3) is 0 Å². The van der Waals surface area contributed by atoms with Crippen molar-refractivity contribution in [3.05, 3.63) is 45.3 Å². The Balaban J connectivity index is 1.60. The highest BCUT2D eigenvalue weighted by molar-refractivity contribution is 5.83. The molecule has 3 heterocycles. The summed E-state index contributed by atoms with van der Waals surface area (Å²) in [4.78, 5) is 14.3. The predicted molar refractivity (Wildman–Crippen MR) is 91.1 cm³/mol. The van der Waals surface area contributed by atoms with Gasteiger partial charge in [-0.25, -0.2) is 4.79 Å². The maximum atomic E-state index is 12.0. The van der Waals surface area contributed by atoms with Crippen LogP contribution in [0.15, 0.2) is 27.4 Å². The van der Waals surface area contributed by atoms with E-state index in [9.17, 15) is 4.79 Å². The van der Waals surface area contributed by atoms with Crippen molar-refractivity contribution in [3.63, 3.8) is 0 Å². The van der Waals surface area contributed by atoms with Gasteiger partial charge in [-0.05, 0) is 36.6 Å². The molecule has 2 aliphatic heterocycles. The summed E-state index contributed by atoms with van der Waals surface area (Å²) in [6, 6.07) is 5.79. The van der Waals surface area contributed by atoms with Gasteiger partial charge in [-0.2, -0.15) is 0 Å². The molecule has 2 aliphatic rings. The van der Waals surface area contributed by atoms with E-state index in [-0.39, 0.29) is 11.4 Å². The molecule has 0 aliphatic carbocycles. The second-order valence-corrected chi connectivity index (χ2v) is 6.93. The molecule has 2 fully saturated rings. The van der Waals surface area contributed by atoms with Gasteiger partial charge >= 0.3 is 5.63 Å². The Kier molecular flexibility index (Phi) is 3.95. The molecule has 5 heteroatoms. The van der Waals surface area contributed by atoms with Crippen molar-refractivity contribution in [3.8, 4) is 0 Å². The van der Waals surface area contributed by atoms with Crippen LogP contribution in [-0.2, 0) is 16.0 Å². The Morgan fingerprint density at radius 2 is 1.79 bits per heavy atom. The molecule has 1 spiro atoms. The van der Waals surface area contributed by atoms with Crippen LogP contribution in [0.2, 0.25) is 0 Å². The molecule has 24 heavy (non-hydrogen) atoms. The van der Waals surface area contributed by atoms with Gasteiger partial charge in [0.1, 0.15) is 5.58 Å². The molecule has 0 atom stereocenters. The van der Waals surface area contributed by atoms with E-state index in [4.69, 9.17) is 13.9 Å². The Morgan fingerprint density at radius 1 is 1.08 bits per heavy atom. The Morgan fingerprint density at radius 3 is 2.50 bits per heavy atom. The van der Waals surface area contributed by atoms with Crippen LogP contribution < -0.4 is 5.63 Å². The summed E-state index contributed by atoms with van der Waals surface area (Å²) in [5, 5.41) is 1.04. The molecule has 0 bridgehead atoms. The summed E-state index contributed by atoms with van der Waals surface area (Å²) in [5.41, 5.74) is 3.66. The van der Waals surface area contributed by atoms with Crippen LogP contribution in [0.4, 0.5) is 0 Å². The van der Waals surface area contributed by atoms with Crippen molar-refractivity contribution in [1.29, 1.82) is 0 Å². The van der Waals surface area contributed by atoms with Gasteiger partial charge < -0.3 is 13.9 Å². The third-order valence-corrected chi connectivity index (χ3v) is 5.09.